The molecule has 4 aromatic rings. The number of halogens is 3. The third-order valence-electron chi connectivity index (χ3n) is 5.45. The van der Waals surface area contributed by atoms with E-state index in [0.29, 0.717) is 22.3 Å². The number of nitrogen functional groups attached to an aromatic ring is 1. The molecule has 8 nitrogen and oxygen atoms in total. The minimum atomic E-state index is -2.96. The van der Waals surface area contributed by atoms with Gasteiger partial charge < -0.3 is 20.1 Å². The van der Waals surface area contributed by atoms with E-state index in [1.165, 1.54) is 42.7 Å². The van der Waals surface area contributed by atoms with Gasteiger partial charge in [-0.25, -0.2) is 14.4 Å². The third-order valence-corrected chi connectivity index (χ3v) is 5.45. The van der Waals surface area contributed by atoms with E-state index in [1.54, 1.807) is 10.5 Å². The summed E-state index contributed by atoms with van der Waals surface area (Å²) in [7, 11) is 1.52. The molecule has 2 N–H and O–H groups in total. The summed E-state index contributed by atoms with van der Waals surface area (Å²) in [6, 6.07) is 6.27. The molecule has 2 aromatic heterocycles. The summed E-state index contributed by atoms with van der Waals surface area (Å²) >= 11 is 0. The standard InChI is InChI=1S/C21H16F3N5O3/c1-28(17-8-31-18-4-10(32-21(23)24)2-3-11(17)18)20(30)12-5-15-14(6-13(12)22)27-19(25)16-7-26-9-29(15)16/h2-7,9,17,21H,8H2,1H3,(H2,25,27). The van der Waals surface area contributed by atoms with E-state index in [2.05, 4.69) is 14.7 Å². The fourth-order valence-corrected chi connectivity index (χ4v) is 3.86. The Labute approximate surface area is 179 Å². The first-order valence-corrected chi connectivity index (χ1v) is 9.53. The summed E-state index contributed by atoms with van der Waals surface area (Å²) in [4.78, 5) is 22.8. The Morgan fingerprint density at radius 1 is 1.31 bits per heavy atom. The van der Waals surface area contributed by atoms with Gasteiger partial charge in [-0.1, -0.05) is 0 Å². The van der Waals surface area contributed by atoms with Crippen LogP contribution in [0.25, 0.3) is 16.6 Å². The van der Waals surface area contributed by atoms with E-state index in [0.717, 1.165) is 6.07 Å². The van der Waals surface area contributed by atoms with Crippen molar-refractivity contribution in [2.45, 2.75) is 12.7 Å². The molecule has 0 saturated heterocycles. The van der Waals surface area contributed by atoms with E-state index in [9.17, 15) is 18.0 Å². The summed E-state index contributed by atoms with van der Waals surface area (Å²) in [6.45, 7) is -2.87. The lowest BCUT2D eigenvalue weighted by Gasteiger charge is -2.24. The summed E-state index contributed by atoms with van der Waals surface area (Å²) in [5, 5.41) is 0. The van der Waals surface area contributed by atoms with Crippen molar-refractivity contribution in [1.82, 2.24) is 19.3 Å². The lowest BCUT2D eigenvalue weighted by Crippen LogP contribution is -2.32. The molecule has 0 spiro atoms. The number of anilines is 1. The van der Waals surface area contributed by atoms with Crippen molar-refractivity contribution in [3.63, 3.8) is 0 Å². The van der Waals surface area contributed by atoms with Crippen molar-refractivity contribution in [3.05, 3.63) is 59.8 Å². The molecule has 0 fully saturated rings. The molecule has 0 radical (unpaired) electrons. The van der Waals surface area contributed by atoms with Crippen molar-refractivity contribution in [2.24, 2.45) is 0 Å². The minimum Gasteiger partial charge on any atom is -0.491 e. The van der Waals surface area contributed by atoms with Crippen LogP contribution in [-0.4, -0.2) is 45.4 Å². The molecule has 11 heteroatoms. The molecule has 0 saturated carbocycles. The molecule has 32 heavy (non-hydrogen) atoms. The number of fused-ring (bicyclic) bond motifs is 4. The Kier molecular flexibility index (Phi) is 4.54. The molecule has 1 aliphatic heterocycles. The molecule has 5 rings (SSSR count). The molecule has 3 heterocycles. The zero-order chi connectivity index (χ0) is 22.6. The van der Waals surface area contributed by atoms with Gasteiger partial charge in [-0.05, 0) is 18.2 Å². The number of aromatic nitrogens is 3. The van der Waals surface area contributed by atoms with Crippen molar-refractivity contribution in [2.75, 3.05) is 19.4 Å². The first kappa shape index (κ1) is 19.9. The number of imidazole rings is 1. The molecular weight excluding hydrogens is 427 g/mol. The molecule has 1 aliphatic rings. The number of nitrogens with two attached hydrogens (primary N) is 1. The van der Waals surface area contributed by atoms with Gasteiger partial charge in [-0.3, -0.25) is 9.20 Å². The average molecular weight is 443 g/mol. The number of hydrogen-bond acceptors (Lipinski definition) is 6. The fraction of sp³-hybridized carbons (Fsp3) is 0.190. The van der Waals surface area contributed by atoms with E-state index >= 15 is 0 Å². The number of rotatable bonds is 4. The summed E-state index contributed by atoms with van der Waals surface area (Å²) in [5.41, 5.74) is 7.64. The van der Waals surface area contributed by atoms with E-state index in [1.807, 2.05) is 0 Å². The SMILES string of the molecule is CN(C(=O)c1cc2c(cc1F)nc(N)c1cncn12)C1COc2cc(OC(F)F)ccc21. The molecule has 164 valence electrons. The second-order valence-corrected chi connectivity index (χ2v) is 7.29. The summed E-state index contributed by atoms with van der Waals surface area (Å²) in [5.74, 6) is -0.860. The molecule has 1 atom stereocenters. The van der Waals surface area contributed by atoms with Gasteiger partial charge in [0.1, 0.15) is 35.3 Å². The monoisotopic (exact) mass is 443 g/mol. The van der Waals surface area contributed by atoms with Gasteiger partial charge in [0.15, 0.2) is 0 Å². The van der Waals surface area contributed by atoms with Crippen LogP contribution in [0.15, 0.2) is 42.9 Å². The van der Waals surface area contributed by atoms with Crippen LogP contribution < -0.4 is 15.2 Å². The van der Waals surface area contributed by atoms with Gasteiger partial charge in [0, 0.05) is 24.7 Å². The number of carbonyl (C=O) groups excluding carboxylic acids is 1. The predicted molar refractivity (Wildman–Crippen MR) is 108 cm³/mol. The van der Waals surface area contributed by atoms with E-state index in [4.69, 9.17) is 10.5 Å². The highest BCUT2D eigenvalue weighted by Gasteiger charge is 2.32. The molecule has 2 aromatic carbocycles. The van der Waals surface area contributed by atoms with Gasteiger partial charge in [-0.15, -0.1) is 0 Å². The number of hydrogen-bond donors (Lipinski definition) is 1. The maximum Gasteiger partial charge on any atom is 0.387 e. The normalized spacial score (nSPS) is 15.2. The predicted octanol–water partition coefficient (Wildman–Crippen LogP) is 3.41. The van der Waals surface area contributed by atoms with Gasteiger partial charge in [0.25, 0.3) is 5.91 Å². The second-order valence-electron chi connectivity index (χ2n) is 7.29. The summed E-state index contributed by atoms with van der Waals surface area (Å²) in [6.07, 6.45) is 3.03. The van der Waals surface area contributed by atoms with Crippen molar-refractivity contribution < 1.29 is 27.4 Å². The highest BCUT2D eigenvalue weighted by molar-refractivity contribution is 5.98. The Morgan fingerprint density at radius 2 is 2.12 bits per heavy atom. The Morgan fingerprint density at radius 3 is 2.91 bits per heavy atom. The first-order chi connectivity index (χ1) is 15.3. The van der Waals surface area contributed by atoms with Gasteiger partial charge in [-0.2, -0.15) is 8.78 Å². The minimum absolute atomic E-state index is 0.0509. The third kappa shape index (κ3) is 3.13. The number of benzene rings is 2. The Hall–Kier alpha value is -4.02. The largest absolute Gasteiger partial charge is 0.491 e. The van der Waals surface area contributed by atoms with Gasteiger partial charge in [0.2, 0.25) is 0 Å². The van der Waals surface area contributed by atoms with Crippen LogP contribution in [0.1, 0.15) is 22.0 Å². The van der Waals surface area contributed by atoms with E-state index < -0.39 is 24.4 Å². The molecule has 0 aliphatic carbocycles. The fourth-order valence-electron chi connectivity index (χ4n) is 3.86. The van der Waals surface area contributed by atoms with Crippen LogP contribution in [0, 0.1) is 5.82 Å². The maximum absolute atomic E-state index is 14.9. The Balaban J connectivity index is 1.50. The van der Waals surface area contributed by atoms with Gasteiger partial charge >= 0.3 is 6.61 Å². The molecule has 0 bridgehead atoms. The quantitative estimate of drug-likeness (QED) is 0.520. The van der Waals surface area contributed by atoms with Crippen LogP contribution in [0.3, 0.4) is 0 Å². The van der Waals surface area contributed by atoms with Crippen molar-refractivity contribution >= 4 is 28.3 Å². The van der Waals surface area contributed by atoms with Crippen molar-refractivity contribution in [1.29, 1.82) is 0 Å². The van der Waals surface area contributed by atoms with Crippen LogP contribution in [0.4, 0.5) is 19.0 Å². The average Bonchev–Trinajstić information content (AvgIpc) is 3.39. The lowest BCUT2D eigenvalue weighted by atomic mass is 10.1. The first-order valence-electron chi connectivity index (χ1n) is 9.53. The number of carbonyl (C=O) groups is 1. The highest BCUT2D eigenvalue weighted by atomic mass is 19.3. The molecular formula is C21H16F3N5O3. The summed E-state index contributed by atoms with van der Waals surface area (Å²) < 4.78 is 51.3. The van der Waals surface area contributed by atoms with E-state index in [-0.39, 0.29) is 29.3 Å². The van der Waals surface area contributed by atoms with Crippen LogP contribution >= 0.6 is 0 Å². The smallest absolute Gasteiger partial charge is 0.387 e. The molecule has 1 unspecified atom stereocenters. The highest BCUT2D eigenvalue weighted by Crippen LogP contribution is 2.39. The number of likely N-dealkylation sites (N-methyl/N-ethyl adjacent to an activating group) is 1. The number of amides is 1. The zero-order valence-electron chi connectivity index (χ0n) is 16.6. The maximum atomic E-state index is 14.9. The van der Waals surface area contributed by atoms with Crippen LogP contribution in [-0.2, 0) is 0 Å². The molecule has 1 amide bonds. The lowest BCUT2D eigenvalue weighted by molar-refractivity contribution is -0.0499. The number of alkyl halides is 2. The van der Waals surface area contributed by atoms with Gasteiger partial charge in [0.05, 0.1) is 35.2 Å². The second kappa shape index (κ2) is 7.29. The number of nitrogens with zero attached hydrogens (tertiary/aromatic N) is 4. The van der Waals surface area contributed by atoms with Crippen molar-refractivity contribution in [3.8, 4) is 11.5 Å². The van der Waals surface area contributed by atoms with Crippen LogP contribution in [0.2, 0.25) is 0 Å². The zero-order valence-corrected chi connectivity index (χ0v) is 16.6. The Bertz CT molecular complexity index is 1370. The topological polar surface area (TPSA) is 95.0 Å². The number of ether oxygens (including phenoxy) is 2. The van der Waals surface area contributed by atoms with Crippen LogP contribution in [0.5, 0.6) is 11.5 Å².